The second kappa shape index (κ2) is 11.7. The summed E-state index contributed by atoms with van der Waals surface area (Å²) in [4.78, 5) is 24.6. The third-order valence-corrected chi connectivity index (χ3v) is 5.82. The maximum atomic E-state index is 12.3. The van der Waals surface area contributed by atoms with E-state index in [-0.39, 0.29) is 6.61 Å². The van der Waals surface area contributed by atoms with Crippen LogP contribution in [-0.2, 0) is 16.2 Å². The van der Waals surface area contributed by atoms with Crippen LogP contribution in [0.15, 0.2) is 59.7 Å². The number of benzene rings is 3. The van der Waals surface area contributed by atoms with Gasteiger partial charge in [-0.2, -0.15) is 5.10 Å². The predicted octanol–water partition coefficient (Wildman–Crippen LogP) is 5.68. The summed E-state index contributed by atoms with van der Waals surface area (Å²) in [5.74, 6) is -0.701. The summed E-state index contributed by atoms with van der Waals surface area (Å²) in [5.41, 5.74) is 6.54. The average Bonchev–Trinajstić information content (AvgIpc) is 2.83. The molecule has 0 fully saturated rings. The maximum absolute atomic E-state index is 12.3. The fraction of sp³-hybridized carbons (Fsp3) is 0.192. The molecule has 3 rings (SSSR count). The number of carbonyl (C=O) groups is 2. The molecule has 2 N–H and O–H groups in total. The Hall–Kier alpha value is -3.55. The van der Waals surface area contributed by atoms with Crippen LogP contribution in [-0.4, -0.2) is 24.6 Å². The van der Waals surface area contributed by atoms with E-state index in [1.54, 1.807) is 43.3 Å². The minimum atomic E-state index is -0.876. The first-order chi connectivity index (χ1) is 16.7. The topological polar surface area (TPSA) is 89.0 Å². The van der Waals surface area contributed by atoms with E-state index in [1.807, 2.05) is 32.0 Å². The van der Waals surface area contributed by atoms with E-state index < -0.39 is 11.8 Å². The first-order valence-electron chi connectivity index (χ1n) is 10.7. The summed E-state index contributed by atoms with van der Waals surface area (Å²) in [7, 11) is 1.52. The van der Waals surface area contributed by atoms with Crippen molar-refractivity contribution in [1.29, 1.82) is 0 Å². The predicted molar refractivity (Wildman–Crippen MR) is 139 cm³/mol. The fourth-order valence-corrected chi connectivity index (χ4v) is 3.70. The zero-order valence-corrected chi connectivity index (χ0v) is 21.3. The van der Waals surface area contributed by atoms with E-state index in [0.717, 1.165) is 16.7 Å². The van der Waals surface area contributed by atoms with Gasteiger partial charge in [-0.15, -0.1) is 0 Å². The Morgan fingerprint density at radius 1 is 0.943 bits per heavy atom. The Morgan fingerprint density at radius 2 is 1.66 bits per heavy atom. The monoisotopic (exact) mass is 513 g/mol. The van der Waals surface area contributed by atoms with Gasteiger partial charge in [-0.3, -0.25) is 9.59 Å². The van der Waals surface area contributed by atoms with E-state index in [1.165, 1.54) is 7.11 Å². The smallest absolute Gasteiger partial charge is 0.329 e. The number of rotatable bonds is 7. The van der Waals surface area contributed by atoms with Gasteiger partial charge in [0.2, 0.25) is 0 Å². The number of halogens is 2. The number of hydrogen-bond acceptors (Lipinski definition) is 5. The summed E-state index contributed by atoms with van der Waals surface area (Å²) in [6.07, 6.45) is 0. The Balaban J connectivity index is 1.66. The lowest BCUT2D eigenvalue weighted by Gasteiger charge is -2.13. The maximum Gasteiger partial charge on any atom is 0.329 e. The zero-order valence-electron chi connectivity index (χ0n) is 19.7. The molecule has 0 unspecified atom stereocenters. The van der Waals surface area contributed by atoms with Crippen molar-refractivity contribution in [3.8, 4) is 11.5 Å². The Labute approximate surface area is 214 Å². The van der Waals surface area contributed by atoms with Crippen LogP contribution in [0.25, 0.3) is 0 Å². The number of hydrogen-bond donors (Lipinski definition) is 2. The molecule has 0 saturated carbocycles. The van der Waals surface area contributed by atoms with Crippen molar-refractivity contribution in [3.05, 3.63) is 86.9 Å². The zero-order chi connectivity index (χ0) is 25.5. The van der Waals surface area contributed by atoms with Crippen LogP contribution in [0.2, 0.25) is 10.0 Å². The molecule has 0 spiro atoms. The summed E-state index contributed by atoms with van der Waals surface area (Å²) in [6, 6.07) is 16.0. The molecule has 0 aromatic heterocycles. The molecule has 0 radical (unpaired) electrons. The average molecular weight is 514 g/mol. The second-order valence-electron chi connectivity index (χ2n) is 7.75. The van der Waals surface area contributed by atoms with Crippen molar-refractivity contribution in [2.75, 3.05) is 12.4 Å². The molecule has 3 aromatic rings. The molecule has 0 bridgehead atoms. The van der Waals surface area contributed by atoms with E-state index in [2.05, 4.69) is 15.8 Å². The van der Waals surface area contributed by atoms with Crippen LogP contribution < -0.4 is 20.2 Å². The van der Waals surface area contributed by atoms with E-state index >= 15 is 0 Å². The van der Waals surface area contributed by atoms with Crippen LogP contribution in [0.4, 0.5) is 5.69 Å². The van der Waals surface area contributed by atoms with Crippen molar-refractivity contribution in [2.45, 2.75) is 27.4 Å². The molecule has 0 saturated heterocycles. The molecule has 0 aliphatic carbocycles. The molecule has 0 aliphatic rings. The van der Waals surface area contributed by atoms with E-state index in [4.69, 9.17) is 32.7 Å². The molecule has 182 valence electrons. The first-order valence-corrected chi connectivity index (χ1v) is 11.4. The van der Waals surface area contributed by atoms with Gasteiger partial charge in [0.1, 0.15) is 6.61 Å². The van der Waals surface area contributed by atoms with Gasteiger partial charge in [0, 0.05) is 26.9 Å². The normalized spacial score (nSPS) is 11.1. The second-order valence-corrected chi connectivity index (χ2v) is 8.59. The largest absolute Gasteiger partial charge is 0.493 e. The van der Waals surface area contributed by atoms with Gasteiger partial charge >= 0.3 is 11.8 Å². The number of anilines is 1. The molecule has 2 amide bonds. The van der Waals surface area contributed by atoms with Crippen LogP contribution in [0.1, 0.15) is 29.2 Å². The number of amides is 2. The SMILES string of the molecule is COc1cc(/C(C)=N/NC(=O)C(=O)Nc2c(C)cccc2C)ccc1OCc1ccc(Cl)cc1Cl. The molecule has 0 heterocycles. The Morgan fingerprint density at radius 3 is 2.31 bits per heavy atom. The lowest BCUT2D eigenvalue weighted by molar-refractivity contribution is -0.136. The van der Waals surface area contributed by atoms with Crippen LogP contribution in [0.3, 0.4) is 0 Å². The molecule has 35 heavy (non-hydrogen) atoms. The van der Waals surface area contributed by atoms with Crippen LogP contribution in [0, 0.1) is 13.8 Å². The van der Waals surface area contributed by atoms with E-state index in [9.17, 15) is 9.59 Å². The lowest BCUT2D eigenvalue weighted by atomic mass is 10.1. The number of aryl methyl sites for hydroxylation is 2. The molecule has 0 aliphatic heterocycles. The van der Waals surface area contributed by atoms with Crippen LogP contribution >= 0.6 is 23.2 Å². The summed E-state index contributed by atoms with van der Waals surface area (Å²) >= 11 is 12.1. The standard InChI is InChI=1S/C26H25Cl2N3O4/c1-15-6-5-7-16(2)24(15)29-25(32)26(33)31-30-17(3)18-9-11-22(23(12-18)34-4)35-14-19-8-10-20(27)13-21(19)28/h5-13H,14H2,1-4H3,(H,29,32)(H,31,33)/b30-17+. The third kappa shape index (κ3) is 6.74. The van der Waals surface area contributed by atoms with Crippen molar-refractivity contribution < 1.29 is 19.1 Å². The summed E-state index contributed by atoms with van der Waals surface area (Å²) in [6.45, 7) is 5.64. The van der Waals surface area contributed by atoms with Gasteiger partial charge < -0.3 is 14.8 Å². The van der Waals surface area contributed by atoms with Crippen molar-refractivity contribution >= 4 is 46.4 Å². The van der Waals surface area contributed by atoms with Crippen molar-refractivity contribution in [2.24, 2.45) is 5.10 Å². The van der Waals surface area contributed by atoms with Crippen LogP contribution in [0.5, 0.6) is 11.5 Å². The first kappa shape index (κ1) is 26.1. The quantitative estimate of drug-likeness (QED) is 0.241. The molecule has 7 nitrogen and oxygen atoms in total. The highest BCUT2D eigenvalue weighted by Crippen LogP contribution is 2.30. The highest BCUT2D eigenvalue weighted by Gasteiger charge is 2.16. The van der Waals surface area contributed by atoms with Crippen molar-refractivity contribution in [3.63, 3.8) is 0 Å². The third-order valence-electron chi connectivity index (χ3n) is 5.23. The summed E-state index contributed by atoms with van der Waals surface area (Å²) < 4.78 is 11.3. The molecule has 9 heteroatoms. The number of nitrogens with zero attached hydrogens (tertiary/aromatic N) is 1. The summed E-state index contributed by atoms with van der Waals surface area (Å²) in [5, 5.41) is 7.73. The Kier molecular flexibility index (Phi) is 8.73. The minimum absolute atomic E-state index is 0.227. The lowest BCUT2D eigenvalue weighted by Crippen LogP contribution is -2.33. The van der Waals surface area contributed by atoms with Gasteiger partial charge in [0.25, 0.3) is 0 Å². The van der Waals surface area contributed by atoms with Gasteiger partial charge in [-0.25, -0.2) is 5.43 Å². The number of nitrogens with one attached hydrogen (secondary N) is 2. The van der Waals surface area contributed by atoms with E-state index in [0.29, 0.717) is 38.5 Å². The highest BCUT2D eigenvalue weighted by atomic mass is 35.5. The molecule has 3 aromatic carbocycles. The van der Waals surface area contributed by atoms with Gasteiger partial charge in [-0.05, 0) is 62.2 Å². The molecular formula is C26H25Cl2N3O4. The van der Waals surface area contributed by atoms with Crippen molar-refractivity contribution in [1.82, 2.24) is 5.43 Å². The number of carbonyl (C=O) groups excluding carboxylic acids is 2. The minimum Gasteiger partial charge on any atom is -0.493 e. The highest BCUT2D eigenvalue weighted by molar-refractivity contribution is 6.39. The Bertz CT molecular complexity index is 1270. The molecular weight excluding hydrogens is 489 g/mol. The fourth-order valence-electron chi connectivity index (χ4n) is 3.24. The van der Waals surface area contributed by atoms with Gasteiger partial charge in [-0.1, -0.05) is 47.5 Å². The number of para-hydroxylation sites is 1. The molecule has 0 atom stereocenters. The van der Waals surface area contributed by atoms with Gasteiger partial charge in [0.05, 0.1) is 12.8 Å². The number of ether oxygens (including phenoxy) is 2. The van der Waals surface area contributed by atoms with Gasteiger partial charge in [0.15, 0.2) is 11.5 Å². The number of hydrazone groups is 1. The number of methoxy groups -OCH3 is 1.